The van der Waals surface area contributed by atoms with Crippen LogP contribution in [0.3, 0.4) is 0 Å². The number of nitrogens with two attached hydrogens (primary N) is 4. The summed E-state index contributed by atoms with van der Waals surface area (Å²) in [4.78, 5) is 31.2. The SMILES string of the molecule is Cc1cc(S(=O)(=O)c2cccc(Cl)c2)c(S(C)(=O)=O)cc1C(=O)N=C(N)N.Cc1cc(Sc2cccc(Cl)c2)c(S(C)(=O)=O)cc1C(=O)N=C(N)N. The van der Waals surface area contributed by atoms with Gasteiger partial charge in [0.1, 0.15) is 0 Å². The second-order valence-electron chi connectivity index (χ2n) is 11.0. The maximum Gasteiger partial charge on any atom is 0.280 e. The Balaban J connectivity index is 0.000000281. The van der Waals surface area contributed by atoms with Gasteiger partial charge in [-0.05, 0) is 85.6 Å². The molecule has 14 nitrogen and oxygen atoms in total. The first-order valence-corrected chi connectivity index (χ1v) is 21.2. The van der Waals surface area contributed by atoms with E-state index in [1.165, 1.54) is 49.0 Å². The maximum atomic E-state index is 13.0. The average Bonchev–Trinajstić information content (AvgIpc) is 2.99. The van der Waals surface area contributed by atoms with Gasteiger partial charge in [0.25, 0.3) is 11.8 Å². The van der Waals surface area contributed by atoms with Gasteiger partial charge in [0.2, 0.25) is 9.84 Å². The number of guanidine groups is 2. The zero-order chi connectivity index (χ0) is 39.3. The first-order valence-electron chi connectivity index (χ1n) is 14.3. The lowest BCUT2D eigenvalue weighted by Crippen LogP contribution is -2.24. The van der Waals surface area contributed by atoms with Crippen molar-refractivity contribution >= 4 is 88.2 Å². The van der Waals surface area contributed by atoms with Gasteiger partial charge in [-0.2, -0.15) is 9.98 Å². The third kappa shape index (κ3) is 10.8. The Morgan fingerprint density at radius 1 is 0.615 bits per heavy atom. The van der Waals surface area contributed by atoms with Crippen LogP contribution >= 0.6 is 35.0 Å². The molecule has 0 saturated carbocycles. The second-order valence-corrected chi connectivity index (χ2v) is 18.9. The van der Waals surface area contributed by atoms with Crippen molar-refractivity contribution in [2.75, 3.05) is 12.5 Å². The van der Waals surface area contributed by atoms with Crippen molar-refractivity contribution in [1.29, 1.82) is 0 Å². The van der Waals surface area contributed by atoms with Gasteiger partial charge >= 0.3 is 0 Å². The van der Waals surface area contributed by atoms with Crippen LogP contribution in [0.25, 0.3) is 0 Å². The van der Waals surface area contributed by atoms with E-state index in [0.29, 0.717) is 15.5 Å². The molecule has 0 atom stereocenters. The molecule has 52 heavy (non-hydrogen) atoms. The van der Waals surface area contributed by atoms with Crippen LogP contribution in [0.4, 0.5) is 0 Å². The summed E-state index contributed by atoms with van der Waals surface area (Å²) < 4.78 is 74.8. The van der Waals surface area contributed by atoms with Crippen molar-refractivity contribution in [1.82, 2.24) is 0 Å². The molecule has 0 aliphatic carbocycles. The summed E-state index contributed by atoms with van der Waals surface area (Å²) in [5, 5.41) is 0.718. The first-order chi connectivity index (χ1) is 23.9. The van der Waals surface area contributed by atoms with Gasteiger partial charge in [-0.15, -0.1) is 0 Å². The molecule has 2 amide bonds. The number of hydrogen-bond acceptors (Lipinski definition) is 9. The summed E-state index contributed by atoms with van der Waals surface area (Å²) in [5.74, 6) is -2.47. The Bertz CT molecular complexity index is 2480. The van der Waals surface area contributed by atoms with Crippen LogP contribution in [-0.4, -0.2) is 61.5 Å². The third-order valence-corrected chi connectivity index (χ3v) is 12.6. The molecule has 0 saturated heterocycles. The van der Waals surface area contributed by atoms with Gasteiger partial charge in [-0.25, -0.2) is 25.3 Å². The van der Waals surface area contributed by atoms with E-state index >= 15 is 0 Å². The van der Waals surface area contributed by atoms with Crippen molar-refractivity contribution in [2.45, 2.75) is 43.2 Å². The Kier molecular flexibility index (Phi) is 13.3. The maximum absolute atomic E-state index is 13.0. The Labute approximate surface area is 315 Å². The van der Waals surface area contributed by atoms with Gasteiger partial charge in [-0.1, -0.05) is 47.1 Å². The molecule has 0 fully saturated rings. The highest BCUT2D eigenvalue weighted by Gasteiger charge is 2.29. The Morgan fingerprint density at radius 2 is 1.08 bits per heavy atom. The molecule has 4 aromatic carbocycles. The minimum absolute atomic E-state index is 0.0252. The summed E-state index contributed by atoms with van der Waals surface area (Å²) in [6, 6.07) is 17.4. The third-order valence-electron chi connectivity index (χ3n) is 6.72. The fourth-order valence-electron chi connectivity index (χ4n) is 4.43. The number of aliphatic imine (C=N–C) groups is 2. The van der Waals surface area contributed by atoms with Crippen LogP contribution in [0.15, 0.2) is 112 Å². The quantitative estimate of drug-likeness (QED) is 0.145. The number of aryl methyl sites for hydroxylation is 2. The second kappa shape index (κ2) is 16.5. The van der Waals surface area contributed by atoms with E-state index in [-0.39, 0.29) is 37.5 Å². The number of carbonyl (C=O) groups excluding carboxylic acids is 2. The molecular weight excluding hydrogens is 796 g/mol. The number of amides is 2. The number of halogens is 2. The van der Waals surface area contributed by atoms with Crippen LogP contribution in [0.5, 0.6) is 0 Å². The van der Waals surface area contributed by atoms with Gasteiger partial charge in [0.15, 0.2) is 31.6 Å². The molecule has 0 aliphatic heterocycles. The minimum Gasteiger partial charge on any atom is -0.370 e. The standard InChI is InChI=1S/C16H16ClN3O5S2.C16H16ClN3O3S2/c1-9-6-14(27(24,25)11-5-3-4-10(17)7-11)13(26(2,22)23)8-12(9)15(21)20-16(18)19;1-9-6-13(24-11-5-3-4-10(17)7-11)14(25(2,22)23)8-12(9)15(21)20-16(18)19/h3-8H,1-2H3,(H4,18,19,20,21);3-8H,1-2H3,(H4,18,19,20,21). The largest absolute Gasteiger partial charge is 0.370 e. The first kappa shape index (κ1) is 42.0. The topological polar surface area (TPSA) is 265 Å². The molecule has 8 N–H and O–H groups in total. The van der Waals surface area contributed by atoms with Crippen LogP contribution < -0.4 is 22.9 Å². The van der Waals surface area contributed by atoms with Gasteiger partial charge in [0, 0.05) is 43.5 Å². The van der Waals surface area contributed by atoms with E-state index in [2.05, 4.69) is 9.98 Å². The van der Waals surface area contributed by atoms with Crippen LogP contribution in [0.1, 0.15) is 31.8 Å². The molecule has 0 spiro atoms. The monoisotopic (exact) mass is 826 g/mol. The minimum atomic E-state index is -4.22. The number of carbonyl (C=O) groups is 2. The van der Waals surface area contributed by atoms with Crippen LogP contribution in [0, 0.1) is 13.8 Å². The Morgan fingerprint density at radius 3 is 1.54 bits per heavy atom. The van der Waals surface area contributed by atoms with Gasteiger partial charge in [-0.3, -0.25) is 9.59 Å². The zero-order valence-electron chi connectivity index (χ0n) is 27.8. The molecule has 276 valence electrons. The molecule has 0 aliphatic rings. The summed E-state index contributed by atoms with van der Waals surface area (Å²) in [5.41, 5.74) is 21.5. The van der Waals surface area contributed by atoms with Crippen molar-refractivity contribution in [3.8, 4) is 0 Å². The molecule has 0 radical (unpaired) electrons. The summed E-state index contributed by atoms with van der Waals surface area (Å²) in [6.07, 6.45) is 1.91. The molecule has 0 bridgehead atoms. The fraction of sp³-hybridized carbons (Fsp3) is 0.125. The number of benzene rings is 4. The van der Waals surface area contributed by atoms with Crippen molar-refractivity contribution in [3.63, 3.8) is 0 Å². The number of rotatable bonds is 8. The molecule has 4 aromatic rings. The van der Waals surface area contributed by atoms with E-state index in [4.69, 9.17) is 46.1 Å². The van der Waals surface area contributed by atoms with E-state index in [9.17, 15) is 34.8 Å². The summed E-state index contributed by atoms with van der Waals surface area (Å²) >= 11 is 13.1. The highest BCUT2D eigenvalue weighted by atomic mass is 35.5. The molecule has 0 heterocycles. The van der Waals surface area contributed by atoms with E-state index < -0.39 is 57.1 Å². The summed E-state index contributed by atoms with van der Waals surface area (Å²) in [7, 11) is -11.8. The smallest absolute Gasteiger partial charge is 0.280 e. The molecule has 4 rings (SSSR count). The van der Waals surface area contributed by atoms with Crippen molar-refractivity contribution < 1.29 is 34.8 Å². The molecular formula is C32H32Cl2N6O8S4. The predicted octanol–water partition coefficient (Wildman–Crippen LogP) is 3.92. The van der Waals surface area contributed by atoms with Gasteiger partial charge < -0.3 is 22.9 Å². The molecule has 0 unspecified atom stereocenters. The van der Waals surface area contributed by atoms with E-state index in [0.717, 1.165) is 29.5 Å². The van der Waals surface area contributed by atoms with Crippen molar-refractivity contribution in [3.05, 3.63) is 105 Å². The highest BCUT2D eigenvalue weighted by molar-refractivity contribution is 8.00. The number of hydrogen-bond donors (Lipinski definition) is 4. The highest BCUT2D eigenvalue weighted by Crippen LogP contribution is 2.36. The van der Waals surface area contributed by atoms with Gasteiger partial charge in [0.05, 0.1) is 19.6 Å². The van der Waals surface area contributed by atoms with Crippen molar-refractivity contribution in [2.24, 2.45) is 32.9 Å². The molecule has 0 aromatic heterocycles. The fourth-order valence-corrected chi connectivity index (χ4v) is 10.2. The zero-order valence-corrected chi connectivity index (χ0v) is 32.6. The Hall–Kier alpha value is -4.46. The van der Waals surface area contributed by atoms with Crippen LogP contribution in [0.2, 0.25) is 10.0 Å². The van der Waals surface area contributed by atoms with E-state index in [1.54, 1.807) is 31.2 Å². The van der Waals surface area contributed by atoms with E-state index in [1.807, 2.05) is 6.07 Å². The number of sulfone groups is 3. The lowest BCUT2D eigenvalue weighted by atomic mass is 10.1. The van der Waals surface area contributed by atoms with Crippen LogP contribution in [-0.2, 0) is 29.5 Å². The molecule has 20 heteroatoms. The average molecular weight is 828 g/mol. The number of nitrogens with zero attached hydrogens (tertiary/aromatic N) is 2. The summed E-state index contributed by atoms with van der Waals surface area (Å²) in [6.45, 7) is 3.13. The predicted molar refractivity (Wildman–Crippen MR) is 201 cm³/mol. The lowest BCUT2D eigenvalue weighted by Gasteiger charge is -2.13. The lowest BCUT2D eigenvalue weighted by molar-refractivity contribution is 0.0993. The normalized spacial score (nSPS) is 11.5.